The molecule has 3 aromatic carbocycles. The molecule has 3 atom stereocenters. The average Bonchev–Trinajstić information content (AvgIpc) is 3.09. The van der Waals surface area contributed by atoms with Gasteiger partial charge in [-0.2, -0.15) is 0 Å². The third kappa shape index (κ3) is 3.67. The number of rotatable bonds is 3. The number of carbonyl (C=O) groups excluding carboxylic acids is 3. The molecule has 3 unspecified atom stereocenters. The highest BCUT2D eigenvalue weighted by molar-refractivity contribution is 6.32. The quantitative estimate of drug-likeness (QED) is 0.451. The van der Waals surface area contributed by atoms with Crippen molar-refractivity contribution in [1.29, 1.82) is 0 Å². The summed E-state index contributed by atoms with van der Waals surface area (Å²) >= 11 is 12.7. The van der Waals surface area contributed by atoms with Crippen molar-refractivity contribution in [2.75, 3.05) is 11.5 Å². The summed E-state index contributed by atoms with van der Waals surface area (Å²) in [4.78, 5) is 42.0. The Morgan fingerprint density at radius 2 is 1.81 bits per heavy atom. The van der Waals surface area contributed by atoms with Gasteiger partial charge in [0.2, 0.25) is 11.8 Å². The summed E-state index contributed by atoms with van der Waals surface area (Å²) in [5.74, 6) is -1.28. The number of carbonyl (C=O) groups is 3. The molecular formula is C28H24Cl2N2O4. The van der Waals surface area contributed by atoms with Crippen molar-refractivity contribution in [3.63, 3.8) is 0 Å². The van der Waals surface area contributed by atoms with Gasteiger partial charge in [-0.3, -0.25) is 9.59 Å². The Morgan fingerprint density at radius 3 is 2.53 bits per heavy atom. The molecule has 1 N–H and O–H groups in total. The van der Waals surface area contributed by atoms with Gasteiger partial charge < -0.3 is 10.1 Å². The lowest BCUT2D eigenvalue weighted by Crippen LogP contribution is -2.59. The lowest BCUT2D eigenvalue weighted by molar-refractivity contribution is -0.132. The number of imide groups is 1. The highest BCUT2D eigenvalue weighted by atomic mass is 35.5. The van der Waals surface area contributed by atoms with Crippen LogP contribution in [0.15, 0.2) is 66.7 Å². The maximum Gasteiger partial charge on any atom is 0.421 e. The maximum atomic E-state index is 14.6. The van der Waals surface area contributed by atoms with Crippen LogP contribution in [0.1, 0.15) is 47.6 Å². The Morgan fingerprint density at radius 1 is 1.06 bits per heavy atom. The average molecular weight is 523 g/mol. The molecule has 3 amide bonds. The first kappa shape index (κ1) is 24.3. The van der Waals surface area contributed by atoms with E-state index in [1.54, 1.807) is 43.3 Å². The zero-order valence-corrected chi connectivity index (χ0v) is 21.3. The summed E-state index contributed by atoms with van der Waals surface area (Å²) in [5.41, 5.74) is 2.04. The predicted molar refractivity (Wildman–Crippen MR) is 139 cm³/mol. The van der Waals surface area contributed by atoms with E-state index in [0.717, 1.165) is 21.6 Å². The minimum Gasteiger partial charge on any atom is -0.449 e. The van der Waals surface area contributed by atoms with E-state index in [9.17, 15) is 14.4 Å². The second-order valence-corrected chi connectivity index (χ2v) is 9.91. The number of piperidine rings is 1. The Balaban J connectivity index is 1.86. The number of fused-ring (bicyclic) bond motifs is 2. The summed E-state index contributed by atoms with van der Waals surface area (Å²) < 4.78 is 5.29. The van der Waals surface area contributed by atoms with E-state index in [1.807, 2.05) is 37.3 Å². The molecule has 3 aromatic rings. The predicted octanol–water partition coefficient (Wildman–Crippen LogP) is 6.09. The molecule has 1 spiro atoms. The number of benzene rings is 3. The molecule has 0 saturated carbocycles. The van der Waals surface area contributed by atoms with Crippen LogP contribution in [0.5, 0.6) is 0 Å². The van der Waals surface area contributed by atoms with Gasteiger partial charge in [-0.25, -0.2) is 9.69 Å². The van der Waals surface area contributed by atoms with E-state index in [-0.39, 0.29) is 18.9 Å². The van der Waals surface area contributed by atoms with E-state index in [4.69, 9.17) is 27.9 Å². The van der Waals surface area contributed by atoms with Crippen molar-refractivity contribution >= 4 is 46.8 Å². The topological polar surface area (TPSA) is 75.7 Å². The van der Waals surface area contributed by atoms with Gasteiger partial charge >= 0.3 is 6.09 Å². The van der Waals surface area contributed by atoms with E-state index >= 15 is 0 Å². The number of aryl methyl sites for hydroxylation is 1. The molecule has 0 radical (unpaired) electrons. The monoisotopic (exact) mass is 522 g/mol. The first-order valence-corrected chi connectivity index (χ1v) is 12.5. The Hall–Kier alpha value is -3.35. The van der Waals surface area contributed by atoms with Crippen LogP contribution in [-0.4, -0.2) is 24.5 Å². The fourth-order valence-corrected chi connectivity index (χ4v) is 6.02. The van der Waals surface area contributed by atoms with Crippen molar-refractivity contribution < 1.29 is 19.1 Å². The van der Waals surface area contributed by atoms with Gasteiger partial charge in [0.1, 0.15) is 5.41 Å². The number of ether oxygens (including phenoxy) is 1. The minimum atomic E-state index is -1.35. The lowest BCUT2D eigenvalue weighted by atomic mass is 9.59. The molecular weight excluding hydrogens is 499 g/mol. The first-order valence-electron chi connectivity index (χ1n) is 11.7. The van der Waals surface area contributed by atoms with Crippen LogP contribution in [0.3, 0.4) is 0 Å². The standard InChI is InChI=1S/C28H24Cl2N2O4/c1-3-36-27(35)32-23-14-19(30)11-12-21(23)28(26(32)34)22(17-8-6-9-18(29)13-17)15-24(33)31-25(28)20-10-5-4-7-16(20)2/h4-14,22,25H,3,15H2,1-2H3,(H,31,33). The largest absolute Gasteiger partial charge is 0.449 e. The van der Waals surface area contributed by atoms with Crippen molar-refractivity contribution in [3.05, 3.63) is 99.0 Å². The van der Waals surface area contributed by atoms with Gasteiger partial charge in [0.05, 0.1) is 18.3 Å². The normalized spacial score (nSPS) is 22.9. The van der Waals surface area contributed by atoms with Crippen LogP contribution in [-0.2, 0) is 19.7 Å². The number of hydrogen-bond acceptors (Lipinski definition) is 4. The van der Waals surface area contributed by atoms with Crippen molar-refractivity contribution in [1.82, 2.24) is 5.32 Å². The van der Waals surface area contributed by atoms with E-state index in [2.05, 4.69) is 5.32 Å². The summed E-state index contributed by atoms with van der Waals surface area (Å²) in [6, 6.07) is 19.1. The molecule has 2 aliphatic heterocycles. The van der Waals surface area contributed by atoms with E-state index < -0.39 is 29.4 Å². The van der Waals surface area contributed by atoms with E-state index in [0.29, 0.717) is 21.3 Å². The van der Waals surface area contributed by atoms with Gasteiger partial charge in [0, 0.05) is 22.4 Å². The van der Waals surface area contributed by atoms with Gasteiger partial charge in [-0.15, -0.1) is 0 Å². The molecule has 1 fully saturated rings. The second kappa shape index (κ2) is 9.26. The summed E-state index contributed by atoms with van der Waals surface area (Å²) in [5, 5.41) is 3.96. The summed E-state index contributed by atoms with van der Waals surface area (Å²) in [7, 11) is 0. The molecule has 2 heterocycles. The summed E-state index contributed by atoms with van der Waals surface area (Å²) in [6.07, 6.45) is -0.749. The summed E-state index contributed by atoms with van der Waals surface area (Å²) in [6.45, 7) is 3.71. The maximum absolute atomic E-state index is 14.6. The molecule has 0 aliphatic carbocycles. The molecule has 2 aliphatic rings. The molecule has 0 bridgehead atoms. The minimum absolute atomic E-state index is 0.0349. The SMILES string of the molecule is CCOC(=O)N1C(=O)C2(c3ccc(Cl)cc31)C(c1cccc(Cl)c1)CC(=O)NC2c1ccccc1C. The van der Waals surface area contributed by atoms with Gasteiger partial charge in [0.15, 0.2) is 0 Å². The Bertz CT molecular complexity index is 1390. The van der Waals surface area contributed by atoms with Crippen LogP contribution in [0.2, 0.25) is 10.0 Å². The lowest BCUT2D eigenvalue weighted by Gasteiger charge is -2.47. The third-order valence-corrected chi connectivity index (χ3v) is 7.57. The fourth-order valence-electron chi connectivity index (χ4n) is 5.65. The van der Waals surface area contributed by atoms with Crippen molar-refractivity contribution in [2.24, 2.45) is 0 Å². The molecule has 6 nitrogen and oxygen atoms in total. The zero-order chi connectivity index (χ0) is 25.6. The number of halogens is 2. The van der Waals surface area contributed by atoms with Crippen LogP contribution in [0.25, 0.3) is 0 Å². The van der Waals surface area contributed by atoms with Crippen molar-refractivity contribution in [3.8, 4) is 0 Å². The molecule has 36 heavy (non-hydrogen) atoms. The molecule has 0 aromatic heterocycles. The number of nitrogens with one attached hydrogen (secondary N) is 1. The third-order valence-electron chi connectivity index (χ3n) is 7.10. The molecule has 5 rings (SSSR count). The van der Waals surface area contributed by atoms with Crippen LogP contribution in [0, 0.1) is 6.92 Å². The van der Waals surface area contributed by atoms with Gasteiger partial charge in [-0.1, -0.05) is 65.7 Å². The number of amides is 3. The van der Waals surface area contributed by atoms with Crippen LogP contribution < -0.4 is 10.2 Å². The smallest absolute Gasteiger partial charge is 0.421 e. The molecule has 1 saturated heterocycles. The fraction of sp³-hybridized carbons (Fsp3) is 0.250. The Labute approximate surface area is 219 Å². The first-order chi connectivity index (χ1) is 17.3. The number of hydrogen-bond donors (Lipinski definition) is 1. The van der Waals surface area contributed by atoms with Gasteiger partial charge in [0.25, 0.3) is 0 Å². The van der Waals surface area contributed by atoms with Gasteiger partial charge in [-0.05, 0) is 60.4 Å². The molecule has 8 heteroatoms. The Kier molecular flexibility index (Phi) is 6.27. The highest BCUT2D eigenvalue weighted by Gasteiger charge is 2.64. The number of nitrogens with zero attached hydrogens (tertiary/aromatic N) is 1. The zero-order valence-electron chi connectivity index (χ0n) is 19.8. The van der Waals surface area contributed by atoms with Crippen LogP contribution in [0.4, 0.5) is 10.5 Å². The molecule has 184 valence electrons. The van der Waals surface area contributed by atoms with E-state index in [1.165, 1.54) is 0 Å². The highest BCUT2D eigenvalue weighted by Crippen LogP contribution is 2.59. The second-order valence-electron chi connectivity index (χ2n) is 9.04. The van der Waals surface area contributed by atoms with Crippen molar-refractivity contribution in [2.45, 2.75) is 37.6 Å². The number of anilines is 1. The van der Waals surface area contributed by atoms with Crippen LogP contribution >= 0.6 is 23.2 Å².